The summed E-state index contributed by atoms with van der Waals surface area (Å²) in [5.74, 6) is 0.676. The summed E-state index contributed by atoms with van der Waals surface area (Å²) in [6.07, 6.45) is 0. The number of nitrogen functional groups attached to an aromatic ring is 1. The van der Waals surface area contributed by atoms with E-state index in [1.54, 1.807) is 14.2 Å². The first kappa shape index (κ1) is 13.6. The molecule has 0 unspecified atom stereocenters. The van der Waals surface area contributed by atoms with E-state index in [4.69, 9.17) is 19.9 Å². The largest absolute Gasteiger partial charge is 0.495 e. The SMILES string of the molecule is COCCOCCNc1ccc(N)c(OC)c1. The molecule has 1 aromatic rings. The zero-order chi connectivity index (χ0) is 12.5. The number of benzene rings is 1. The van der Waals surface area contributed by atoms with E-state index in [0.29, 0.717) is 31.3 Å². The van der Waals surface area contributed by atoms with E-state index in [0.717, 1.165) is 12.2 Å². The van der Waals surface area contributed by atoms with Gasteiger partial charge in [-0.1, -0.05) is 0 Å². The van der Waals surface area contributed by atoms with Crippen LogP contribution in [-0.2, 0) is 9.47 Å². The first-order valence-electron chi connectivity index (χ1n) is 5.52. The van der Waals surface area contributed by atoms with Crippen LogP contribution in [0.2, 0.25) is 0 Å². The summed E-state index contributed by atoms with van der Waals surface area (Å²) in [6, 6.07) is 5.59. The van der Waals surface area contributed by atoms with Crippen molar-refractivity contribution in [3.63, 3.8) is 0 Å². The number of hydrogen-bond donors (Lipinski definition) is 2. The molecule has 3 N–H and O–H groups in total. The van der Waals surface area contributed by atoms with Crippen molar-refractivity contribution in [1.29, 1.82) is 0 Å². The molecule has 5 nitrogen and oxygen atoms in total. The van der Waals surface area contributed by atoms with Crippen molar-refractivity contribution in [2.24, 2.45) is 0 Å². The summed E-state index contributed by atoms with van der Waals surface area (Å²) in [6.45, 7) is 2.60. The van der Waals surface area contributed by atoms with E-state index < -0.39 is 0 Å². The number of nitrogens with one attached hydrogen (secondary N) is 1. The van der Waals surface area contributed by atoms with Crippen LogP contribution in [0.1, 0.15) is 0 Å². The molecule has 17 heavy (non-hydrogen) atoms. The minimum Gasteiger partial charge on any atom is -0.495 e. The molecule has 0 saturated carbocycles. The fourth-order valence-electron chi connectivity index (χ4n) is 1.33. The second-order valence-electron chi connectivity index (χ2n) is 3.49. The summed E-state index contributed by atoms with van der Waals surface area (Å²) in [7, 11) is 3.26. The highest BCUT2D eigenvalue weighted by atomic mass is 16.5. The van der Waals surface area contributed by atoms with Gasteiger partial charge in [0.15, 0.2) is 0 Å². The van der Waals surface area contributed by atoms with E-state index in [1.807, 2.05) is 18.2 Å². The van der Waals surface area contributed by atoms with Crippen molar-refractivity contribution < 1.29 is 14.2 Å². The Morgan fingerprint density at radius 3 is 2.71 bits per heavy atom. The molecule has 0 fully saturated rings. The first-order chi connectivity index (χ1) is 8.27. The lowest BCUT2D eigenvalue weighted by Crippen LogP contribution is -2.12. The number of nitrogens with two attached hydrogens (primary N) is 1. The summed E-state index contributed by atoms with van der Waals surface area (Å²) in [5.41, 5.74) is 7.32. The Morgan fingerprint density at radius 2 is 2.00 bits per heavy atom. The second-order valence-corrected chi connectivity index (χ2v) is 3.49. The lowest BCUT2D eigenvalue weighted by Gasteiger charge is -2.10. The highest BCUT2D eigenvalue weighted by Gasteiger charge is 2.00. The maximum absolute atomic E-state index is 5.72. The van der Waals surface area contributed by atoms with Gasteiger partial charge >= 0.3 is 0 Å². The molecule has 96 valence electrons. The highest BCUT2D eigenvalue weighted by Crippen LogP contribution is 2.24. The third kappa shape index (κ3) is 4.93. The van der Waals surface area contributed by atoms with Crippen molar-refractivity contribution in [1.82, 2.24) is 0 Å². The zero-order valence-corrected chi connectivity index (χ0v) is 10.4. The van der Waals surface area contributed by atoms with Crippen LogP contribution in [0.25, 0.3) is 0 Å². The number of ether oxygens (including phenoxy) is 3. The third-order valence-corrected chi connectivity index (χ3v) is 2.24. The quantitative estimate of drug-likeness (QED) is 0.530. The fourth-order valence-corrected chi connectivity index (χ4v) is 1.33. The predicted molar refractivity (Wildman–Crippen MR) is 68.6 cm³/mol. The van der Waals surface area contributed by atoms with E-state index in [9.17, 15) is 0 Å². The average molecular weight is 240 g/mol. The topological polar surface area (TPSA) is 65.7 Å². The molecule has 0 amide bonds. The molecule has 0 spiro atoms. The van der Waals surface area contributed by atoms with Crippen LogP contribution in [0, 0.1) is 0 Å². The van der Waals surface area contributed by atoms with Gasteiger partial charge in [-0.15, -0.1) is 0 Å². The Balaban J connectivity index is 2.27. The fraction of sp³-hybridized carbons (Fsp3) is 0.500. The molecule has 1 rings (SSSR count). The summed E-state index contributed by atoms with van der Waals surface area (Å²) < 4.78 is 15.3. The molecular weight excluding hydrogens is 220 g/mol. The standard InChI is InChI=1S/C12H20N2O3/c1-15-7-8-17-6-5-14-10-3-4-11(13)12(9-10)16-2/h3-4,9,14H,5-8,13H2,1-2H3. The number of hydrogen-bond acceptors (Lipinski definition) is 5. The normalized spacial score (nSPS) is 10.2. The van der Waals surface area contributed by atoms with Crippen LogP contribution in [-0.4, -0.2) is 40.6 Å². The van der Waals surface area contributed by atoms with Gasteiger partial charge in [-0.25, -0.2) is 0 Å². The molecular formula is C12H20N2O3. The van der Waals surface area contributed by atoms with Crippen LogP contribution in [0.5, 0.6) is 5.75 Å². The van der Waals surface area contributed by atoms with Crippen LogP contribution in [0.3, 0.4) is 0 Å². The molecule has 0 aliphatic rings. The van der Waals surface area contributed by atoms with Crippen molar-refractivity contribution in [3.8, 4) is 5.75 Å². The summed E-state index contributed by atoms with van der Waals surface area (Å²) >= 11 is 0. The van der Waals surface area contributed by atoms with Gasteiger partial charge in [-0.3, -0.25) is 0 Å². The number of methoxy groups -OCH3 is 2. The summed E-state index contributed by atoms with van der Waals surface area (Å²) in [4.78, 5) is 0. The Bertz CT molecular complexity index is 332. The van der Waals surface area contributed by atoms with Gasteiger partial charge in [0.25, 0.3) is 0 Å². The van der Waals surface area contributed by atoms with E-state index in [1.165, 1.54) is 0 Å². The minimum absolute atomic E-state index is 0.614. The van der Waals surface area contributed by atoms with Crippen molar-refractivity contribution >= 4 is 11.4 Å². The Hall–Kier alpha value is -1.46. The van der Waals surface area contributed by atoms with Crippen LogP contribution < -0.4 is 15.8 Å². The van der Waals surface area contributed by atoms with E-state index >= 15 is 0 Å². The molecule has 0 aromatic heterocycles. The van der Waals surface area contributed by atoms with Gasteiger partial charge < -0.3 is 25.3 Å². The van der Waals surface area contributed by atoms with Gasteiger partial charge in [0.05, 0.1) is 32.6 Å². The Morgan fingerprint density at radius 1 is 1.18 bits per heavy atom. The molecule has 5 heteroatoms. The summed E-state index contributed by atoms with van der Waals surface area (Å²) in [5, 5.41) is 3.22. The van der Waals surface area contributed by atoms with Crippen molar-refractivity contribution in [3.05, 3.63) is 18.2 Å². The zero-order valence-electron chi connectivity index (χ0n) is 10.4. The molecule has 0 atom stereocenters. The highest BCUT2D eigenvalue weighted by molar-refractivity contribution is 5.61. The molecule has 0 bridgehead atoms. The van der Waals surface area contributed by atoms with Gasteiger partial charge in [0.2, 0.25) is 0 Å². The predicted octanol–water partition coefficient (Wildman–Crippen LogP) is 1.35. The average Bonchev–Trinajstić information content (AvgIpc) is 2.35. The Kier molecular flexibility index (Phi) is 6.21. The number of rotatable bonds is 8. The van der Waals surface area contributed by atoms with Crippen LogP contribution in [0.4, 0.5) is 11.4 Å². The van der Waals surface area contributed by atoms with Gasteiger partial charge in [0.1, 0.15) is 5.75 Å². The van der Waals surface area contributed by atoms with Gasteiger partial charge in [-0.05, 0) is 12.1 Å². The van der Waals surface area contributed by atoms with E-state index in [2.05, 4.69) is 5.32 Å². The molecule has 0 aliphatic heterocycles. The molecule has 0 radical (unpaired) electrons. The minimum atomic E-state index is 0.614. The Labute approximate surface area is 102 Å². The third-order valence-electron chi connectivity index (χ3n) is 2.24. The first-order valence-corrected chi connectivity index (χ1v) is 5.52. The monoisotopic (exact) mass is 240 g/mol. The second kappa shape index (κ2) is 7.76. The van der Waals surface area contributed by atoms with Crippen LogP contribution in [0.15, 0.2) is 18.2 Å². The maximum Gasteiger partial charge on any atom is 0.143 e. The van der Waals surface area contributed by atoms with Crippen molar-refractivity contribution in [2.75, 3.05) is 51.6 Å². The molecule has 1 aromatic carbocycles. The van der Waals surface area contributed by atoms with Gasteiger partial charge in [-0.2, -0.15) is 0 Å². The smallest absolute Gasteiger partial charge is 0.143 e. The molecule has 0 aliphatic carbocycles. The molecule has 0 heterocycles. The molecule has 0 saturated heterocycles. The lowest BCUT2D eigenvalue weighted by atomic mass is 10.2. The maximum atomic E-state index is 5.72. The number of anilines is 2. The van der Waals surface area contributed by atoms with Crippen LogP contribution >= 0.6 is 0 Å². The lowest BCUT2D eigenvalue weighted by molar-refractivity contribution is 0.0759. The van der Waals surface area contributed by atoms with Gasteiger partial charge in [0, 0.05) is 25.4 Å². The van der Waals surface area contributed by atoms with Crippen molar-refractivity contribution in [2.45, 2.75) is 0 Å². The van der Waals surface area contributed by atoms with E-state index in [-0.39, 0.29) is 0 Å².